The van der Waals surface area contributed by atoms with Crippen molar-refractivity contribution in [3.05, 3.63) is 29.8 Å². The summed E-state index contributed by atoms with van der Waals surface area (Å²) < 4.78 is 23.5. The van der Waals surface area contributed by atoms with E-state index < -0.39 is 9.84 Å². The highest BCUT2D eigenvalue weighted by atomic mass is 32.2. The van der Waals surface area contributed by atoms with Crippen LogP contribution in [0.5, 0.6) is 0 Å². The number of sulfone groups is 1. The van der Waals surface area contributed by atoms with Crippen LogP contribution in [0.15, 0.2) is 24.3 Å². The molecule has 20 heavy (non-hydrogen) atoms. The highest BCUT2D eigenvalue weighted by Crippen LogP contribution is 2.37. The number of rotatable bonds is 2. The topological polar surface area (TPSA) is 54.5 Å². The van der Waals surface area contributed by atoms with Crippen LogP contribution >= 0.6 is 0 Å². The van der Waals surface area contributed by atoms with E-state index in [0.717, 1.165) is 5.69 Å². The molecule has 2 atom stereocenters. The standard InChI is InChI=1S/C15H19NO3S/c1-10(2)11-3-5-13(6-4-11)16-14-9-20(18,19)8-12(14)7-15(16)17/h3-6,10,12,14H,7-9H2,1-2H3/t12-,14+/m1/s1. The number of benzene rings is 1. The maximum Gasteiger partial charge on any atom is 0.227 e. The lowest BCUT2D eigenvalue weighted by atomic mass is 10.0. The summed E-state index contributed by atoms with van der Waals surface area (Å²) in [5, 5.41) is 0. The summed E-state index contributed by atoms with van der Waals surface area (Å²) in [4.78, 5) is 13.8. The second-order valence-electron chi connectivity index (χ2n) is 6.12. The van der Waals surface area contributed by atoms with Crippen LogP contribution in [0.4, 0.5) is 5.69 Å². The highest BCUT2D eigenvalue weighted by Gasteiger charge is 2.49. The number of hydrogen-bond acceptors (Lipinski definition) is 3. The minimum absolute atomic E-state index is 0.0303. The van der Waals surface area contributed by atoms with Gasteiger partial charge in [-0.2, -0.15) is 0 Å². The molecule has 1 amide bonds. The van der Waals surface area contributed by atoms with Crippen LogP contribution in [-0.2, 0) is 14.6 Å². The molecule has 0 spiro atoms. The minimum Gasteiger partial charge on any atom is -0.308 e. The Hall–Kier alpha value is -1.36. The van der Waals surface area contributed by atoms with Crippen LogP contribution in [0.3, 0.4) is 0 Å². The highest BCUT2D eigenvalue weighted by molar-refractivity contribution is 7.91. The Morgan fingerprint density at radius 1 is 1.15 bits per heavy atom. The zero-order valence-electron chi connectivity index (χ0n) is 11.7. The van der Waals surface area contributed by atoms with E-state index in [9.17, 15) is 13.2 Å². The molecule has 1 aromatic rings. The smallest absolute Gasteiger partial charge is 0.227 e. The van der Waals surface area contributed by atoms with Crippen molar-refractivity contribution in [2.45, 2.75) is 32.2 Å². The average Bonchev–Trinajstić information content (AvgIpc) is 2.79. The van der Waals surface area contributed by atoms with Crippen molar-refractivity contribution in [2.75, 3.05) is 16.4 Å². The minimum atomic E-state index is -2.99. The van der Waals surface area contributed by atoms with Gasteiger partial charge in [-0.3, -0.25) is 4.79 Å². The van der Waals surface area contributed by atoms with Gasteiger partial charge in [0.05, 0.1) is 17.5 Å². The third-order valence-corrected chi connectivity index (χ3v) is 6.10. The summed E-state index contributed by atoms with van der Waals surface area (Å²) in [6.45, 7) is 4.24. The van der Waals surface area contributed by atoms with Gasteiger partial charge in [0.15, 0.2) is 9.84 Å². The molecule has 2 fully saturated rings. The zero-order valence-corrected chi connectivity index (χ0v) is 12.6. The molecule has 0 radical (unpaired) electrons. The summed E-state index contributed by atoms with van der Waals surface area (Å²) in [5.74, 6) is 0.724. The van der Waals surface area contributed by atoms with E-state index in [2.05, 4.69) is 13.8 Å². The molecule has 5 heteroatoms. The van der Waals surface area contributed by atoms with Crippen LogP contribution in [0.2, 0.25) is 0 Å². The van der Waals surface area contributed by atoms with E-state index in [0.29, 0.717) is 12.3 Å². The fourth-order valence-corrected chi connectivity index (χ4v) is 5.31. The molecule has 2 heterocycles. The number of hydrogen-bond donors (Lipinski definition) is 0. The molecule has 4 nitrogen and oxygen atoms in total. The van der Waals surface area contributed by atoms with E-state index in [1.807, 2.05) is 24.3 Å². The molecule has 0 aliphatic carbocycles. The Morgan fingerprint density at radius 2 is 1.80 bits per heavy atom. The van der Waals surface area contributed by atoms with Crippen molar-refractivity contribution >= 4 is 21.4 Å². The van der Waals surface area contributed by atoms with Crippen molar-refractivity contribution in [3.8, 4) is 0 Å². The Morgan fingerprint density at radius 3 is 2.40 bits per heavy atom. The first-order chi connectivity index (χ1) is 9.37. The molecule has 1 aromatic carbocycles. The first-order valence-electron chi connectivity index (χ1n) is 7.00. The Kier molecular flexibility index (Phi) is 3.12. The predicted octanol–water partition coefficient (Wildman–Crippen LogP) is 1.96. The van der Waals surface area contributed by atoms with Gasteiger partial charge in [-0.15, -0.1) is 0 Å². The average molecular weight is 293 g/mol. The fourth-order valence-electron chi connectivity index (χ4n) is 3.24. The second kappa shape index (κ2) is 4.58. The Balaban J connectivity index is 1.91. The van der Waals surface area contributed by atoms with Crippen LogP contribution < -0.4 is 4.90 Å². The molecular weight excluding hydrogens is 274 g/mol. The Labute approximate surface area is 119 Å². The maximum absolute atomic E-state index is 12.1. The Bertz CT molecular complexity index is 634. The molecule has 0 saturated carbocycles. The normalized spacial score (nSPS) is 28.1. The summed E-state index contributed by atoms with van der Waals surface area (Å²) >= 11 is 0. The van der Waals surface area contributed by atoms with Crippen LogP contribution in [0, 0.1) is 5.92 Å². The summed E-state index contributed by atoms with van der Waals surface area (Å²) in [5.41, 5.74) is 2.04. The van der Waals surface area contributed by atoms with Gasteiger partial charge in [0.25, 0.3) is 0 Å². The van der Waals surface area contributed by atoms with Crippen molar-refractivity contribution in [1.82, 2.24) is 0 Å². The third kappa shape index (κ3) is 2.24. The van der Waals surface area contributed by atoms with Crippen LogP contribution in [0.1, 0.15) is 31.7 Å². The van der Waals surface area contributed by atoms with Gasteiger partial charge in [-0.05, 0) is 23.6 Å². The lowest BCUT2D eigenvalue weighted by Gasteiger charge is -2.23. The number of carbonyl (C=O) groups is 1. The van der Waals surface area contributed by atoms with Crippen molar-refractivity contribution < 1.29 is 13.2 Å². The van der Waals surface area contributed by atoms with Crippen molar-refractivity contribution in [3.63, 3.8) is 0 Å². The molecule has 0 bridgehead atoms. The molecule has 0 N–H and O–H groups in total. The summed E-state index contributed by atoms with van der Waals surface area (Å²) in [6.07, 6.45) is 0.357. The predicted molar refractivity (Wildman–Crippen MR) is 78.6 cm³/mol. The number of anilines is 1. The lowest BCUT2D eigenvalue weighted by Crippen LogP contribution is -2.36. The number of nitrogens with zero attached hydrogens (tertiary/aromatic N) is 1. The lowest BCUT2D eigenvalue weighted by molar-refractivity contribution is -0.117. The molecular formula is C15H19NO3S. The van der Waals surface area contributed by atoms with Gasteiger partial charge in [-0.25, -0.2) is 8.42 Å². The SMILES string of the molecule is CC(C)c1ccc(N2C(=O)C[C@@H]3CS(=O)(=O)C[C@@H]32)cc1. The van der Waals surface area contributed by atoms with E-state index in [1.54, 1.807) is 4.90 Å². The van der Waals surface area contributed by atoms with Crippen molar-refractivity contribution in [2.24, 2.45) is 5.92 Å². The first-order valence-corrected chi connectivity index (χ1v) is 8.82. The molecule has 0 aromatic heterocycles. The molecule has 108 valence electrons. The zero-order chi connectivity index (χ0) is 14.5. The quantitative estimate of drug-likeness (QED) is 0.837. The monoisotopic (exact) mass is 293 g/mol. The third-order valence-electron chi connectivity index (χ3n) is 4.31. The summed E-state index contributed by atoms with van der Waals surface area (Å²) in [6, 6.07) is 7.73. The molecule has 3 rings (SSSR count). The molecule has 2 aliphatic rings. The van der Waals surface area contributed by atoms with E-state index >= 15 is 0 Å². The molecule has 2 saturated heterocycles. The molecule has 2 aliphatic heterocycles. The number of fused-ring (bicyclic) bond motifs is 1. The van der Waals surface area contributed by atoms with Gasteiger partial charge in [0.2, 0.25) is 5.91 Å². The number of amides is 1. The van der Waals surface area contributed by atoms with Gasteiger partial charge >= 0.3 is 0 Å². The fraction of sp³-hybridized carbons (Fsp3) is 0.533. The summed E-state index contributed by atoms with van der Waals surface area (Å²) in [7, 11) is -2.99. The van der Waals surface area contributed by atoms with Crippen LogP contribution in [0.25, 0.3) is 0 Å². The van der Waals surface area contributed by atoms with E-state index in [4.69, 9.17) is 0 Å². The van der Waals surface area contributed by atoms with Crippen molar-refractivity contribution in [1.29, 1.82) is 0 Å². The largest absolute Gasteiger partial charge is 0.308 e. The number of carbonyl (C=O) groups excluding carboxylic acids is 1. The second-order valence-corrected chi connectivity index (χ2v) is 8.27. The van der Waals surface area contributed by atoms with Crippen LogP contribution in [-0.4, -0.2) is 31.9 Å². The van der Waals surface area contributed by atoms with Gasteiger partial charge < -0.3 is 4.90 Å². The maximum atomic E-state index is 12.1. The first kappa shape index (κ1) is 13.6. The van der Waals surface area contributed by atoms with Gasteiger partial charge in [0.1, 0.15) is 0 Å². The van der Waals surface area contributed by atoms with E-state index in [1.165, 1.54) is 5.56 Å². The molecule has 0 unspecified atom stereocenters. The van der Waals surface area contributed by atoms with Gasteiger partial charge in [-0.1, -0.05) is 26.0 Å². The van der Waals surface area contributed by atoms with E-state index in [-0.39, 0.29) is 29.4 Å². The van der Waals surface area contributed by atoms with Gasteiger partial charge in [0, 0.05) is 18.0 Å².